The van der Waals surface area contributed by atoms with E-state index in [0.717, 1.165) is 15.6 Å². The third kappa shape index (κ3) is 4.48. The van der Waals surface area contributed by atoms with Crippen molar-refractivity contribution in [1.82, 2.24) is 4.90 Å². The molecule has 0 aliphatic carbocycles. The van der Waals surface area contributed by atoms with E-state index in [1.54, 1.807) is 0 Å². The molecule has 0 aromatic heterocycles. The molecule has 1 heterocycles. The van der Waals surface area contributed by atoms with Gasteiger partial charge in [-0.15, -0.1) is 0 Å². The fourth-order valence-electron chi connectivity index (χ4n) is 2.78. The Morgan fingerprint density at radius 1 is 1.41 bits per heavy atom. The van der Waals surface area contributed by atoms with Crippen LogP contribution in [0, 0.1) is 12.8 Å². The van der Waals surface area contributed by atoms with Crippen molar-refractivity contribution >= 4 is 21.8 Å². The number of rotatable bonds is 3. The van der Waals surface area contributed by atoms with Crippen LogP contribution in [-0.2, 0) is 11.2 Å². The second-order valence-corrected chi connectivity index (χ2v) is 6.71. The number of amides is 1. The predicted molar refractivity (Wildman–Crippen MR) is 82.6 cm³/mol. The first-order valence-corrected chi connectivity index (χ1v) is 8.16. The van der Waals surface area contributed by atoms with Gasteiger partial charge in [0.2, 0.25) is 5.91 Å². The quantitative estimate of drug-likeness (QED) is 0.759. The molecule has 1 aromatic carbocycles. The van der Waals surface area contributed by atoms with E-state index in [-0.39, 0.29) is 25.3 Å². The van der Waals surface area contributed by atoms with E-state index in [1.165, 1.54) is 4.90 Å². The van der Waals surface area contributed by atoms with Crippen molar-refractivity contribution in [2.75, 3.05) is 13.1 Å². The van der Waals surface area contributed by atoms with E-state index in [9.17, 15) is 18.0 Å². The van der Waals surface area contributed by atoms with E-state index in [0.29, 0.717) is 19.4 Å². The Hall–Kier alpha value is -1.04. The largest absolute Gasteiger partial charge is 0.393 e. The van der Waals surface area contributed by atoms with E-state index in [2.05, 4.69) is 15.9 Å². The molecule has 22 heavy (non-hydrogen) atoms. The van der Waals surface area contributed by atoms with Crippen molar-refractivity contribution in [1.29, 1.82) is 0 Å². The summed E-state index contributed by atoms with van der Waals surface area (Å²) in [5, 5.41) is 0. The van der Waals surface area contributed by atoms with Crippen molar-refractivity contribution in [2.24, 2.45) is 5.92 Å². The number of likely N-dealkylation sites (tertiary alicyclic amines) is 1. The molecule has 122 valence electrons. The van der Waals surface area contributed by atoms with E-state index in [4.69, 9.17) is 0 Å². The van der Waals surface area contributed by atoms with Crippen LogP contribution in [-0.4, -0.2) is 30.1 Å². The second-order valence-electron chi connectivity index (χ2n) is 5.79. The van der Waals surface area contributed by atoms with Crippen molar-refractivity contribution in [3.8, 4) is 0 Å². The minimum Gasteiger partial charge on any atom is -0.342 e. The molecule has 0 bridgehead atoms. The van der Waals surface area contributed by atoms with Gasteiger partial charge in [-0.05, 0) is 49.4 Å². The molecule has 0 spiro atoms. The summed E-state index contributed by atoms with van der Waals surface area (Å²) in [7, 11) is 0. The molecule has 1 unspecified atom stereocenters. The zero-order chi connectivity index (χ0) is 16.3. The number of alkyl halides is 3. The van der Waals surface area contributed by atoms with E-state index < -0.39 is 12.1 Å². The topological polar surface area (TPSA) is 20.3 Å². The maximum Gasteiger partial charge on any atom is 0.393 e. The fraction of sp³-hybridized carbons (Fsp3) is 0.562. The van der Waals surface area contributed by atoms with Crippen molar-refractivity contribution < 1.29 is 18.0 Å². The summed E-state index contributed by atoms with van der Waals surface area (Å²) in [6, 6.07) is 5.85. The van der Waals surface area contributed by atoms with Gasteiger partial charge in [-0.1, -0.05) is 22.0 Å². The summed E-state index contributed by atoms with van der Waals surface area (Å²) >= 11 is 3.39. The lowest BCUT2D eigenvalue weighted by Gasteiger charge is -2.33. The van der Waals surface area contributed by atoms with Gasteiger partial charge in [0.15, 0.2) is 0 Å². The molecule has 1 aliphatic rings. The lowest BCUT2D eigenvalue weighted by atomic mass is 9.96. The number of hydrogen-bond acceptors (Lipinski definition) is 1. The lowest BCUT2D eigenvalue weighted by Crippen LogP contribution is -2.44. The van der Waals surface area contributed by atoms with Crippen LogP contribution >= 0.6 is 15.9 Å². The Labute approximate surface area is 136 Å². The van der Waals surface area contributed by atoms with Crippen LogP contribution in [0.15, 0.2) is 22.7 Å². The highest BCUT2D eigenvalue weighted by Crippen LogP contribution is 2.33. The van der Waals surface area contributed by atoms with E-state index >= 15 is 0 Å². The fourth-order valence-corrected chi connectivity index (χ4v) is 3.19. The van der Waals surface area contributed by atoms with Crippen LogP contribution in [0.4, 0.5) is 13.2 Å². The number of halogens is 4. The number of piperidine rings is 1. The average molecular weight is 378 g/mol. The Morgan fingerprint density at radius 3 is 2.82 bits per heavy atom. The monoisotopic (exact) mass is 377 g/mol. The summed E-state index contributed by atoms with van der Waals surface area (Å²) < 4.78 is 39.3. The third-order valence-corrected chi connectivity index (χ3v) is 4.65. The van der Waals surface area contributed by atoms with Gasteiger partial charge in [-0.25, -0.2) is 0 Å². The van der Waals surface area contributed by atoms with E-state index in [1.807, 2.05) is 25.1 Å². The Bertz CT molecular complexity index is 545. The smallest absolute Gasteiger partial charge is 0.342 e. The summed E-state index contributed by atoms with van der Waals surface area (Å²) in [6.07, 6.45) is -2.86. The number of carbonyl (C=O) groups excluding carboxylic acids is 1. The van der Waals surface area contributed by atoms with Crippen LogP contribution in [0.25, 0.3) is 0 Å². The number of aryl methyl sites for hydroxylation is 2. The number of benzene rings is 1. The molecular formula is C16H19BrF3NO. The Kier molecular flexibility index (Phi) is 5.53. The molecule has 1 atom stereocenters. The first-order valence-electron chi connectivity index (χ1n) is 7.37. The van der Waals surface area contributed by atoms with Gasteiger partial charge in [0.25, 0.3) is 0 Å². The molecule has 1 aromatic rings. The van der Waals surface area contributed by atoms with Crippen molar-refractivity contribution in [3.05, 3.63) is 33.8 Å². The number of hydrogen-bond donors (Lipinski definition) is 0. The summed E-state index contributed by atoms with van der Waals surface area (Å²) in [5.41, 5.74) is 2.13. The number of nitrogens with zero attached hydrogens (tertiary/aromatic N) is 1. The first-order chi connectivity index (χ1) is 10.3. The predicted octanol–water partition coefficient (Wildman–Crippen LogP) is 4.49. The van der Waals surface area contributed by atoms with Gasteiger partial charge in [0, 0.05) is 24.0 Å². The van der Waals surface area contributed by atoms with Crippen LogP contribution in [0.3, 0.4) is 0 Å². The summed E-state index contributed by atoms with van der Waals surface area (Å²) in [6.45, 7) is 2.20. The molecule has 0 saturated carbocycles. The highest BCUT2D eigenvalue weighted by molar-refractivity contribution is 9.10. The van der Waals surface area contributed by atoms with Crippen LogP contribution in [0.2, 0.25) is 0 Å². The highest BCUT2D eigenvalue weighted by atomic mass is 79.9. The summed E-state index contributed by atoms with van der Waals surface area (Å²) in [5.74, 6) is -1.56. The Balaban J connectivity index is 1.93. The number of carbonyl (C=O) groups is 1. The standard InChI is InChI=1S/C16H19BrF3NO/c1-11-4-6-14(17)9-12(11)5-7-15(22)21-8-2-3-13(10-21)16(18,19)20/h4,6,9,13H,2-3,5,7-8,10H2,1H3. The van der Waals surface area contributed by atoms with Gasteiger partial charge in [0.05, 0.1) is 5.92 Å². The van der Waals surface area contributed by atoms with Gasteiger partial charge in [-0.3, -0.25) is 4.79 Å². The van der Waals surface area contributed by atoms with Crippen molar-refractivity contribution in [2.45, 2.75) is 38.8 Å². The SMILES string of the molecule is Cc1ccc(Br)cc1CCC(=O)N1CCCC(C(F)(F)F)C1. The third-order valence-electron chi connectivity index (χ3n) is 4.16. The second kappa shape index (κ2) is 7.02. The Morgan fingerprint density at radius 2 is 2.14 bits per heavy atom. The molecule has 1 fully saturated rings. The van der Waals surface area contributed by atoms with Crippen LogP contribution in [0.1, 0.15) is 30.4 Å². The van der Waals surface area contributed by atoms with Gasteiger partial charge >= 0.3 is 6.18 Å². The molecule has 0 radical (unpaired) electrons. The lowest BCUT2D eigenvalue weighted by molar-refractivity contribution is -0.188. The van der Waals surface area contributed by atoms with Crippen molar-refractivity contribution in [3.63, 3.8) is 0 Å². The molecule has 6 heteroatoms. The molecule has 1 aliphatic heterocycles. The summed E-state index contributed by atoms with van der Waals surface area (Å²) in [4.78, 5) is 13.6. The minimum atomic E-state index is -4.21. The minimum absolute atomic E-state index is 0.123. The highest BCUT2D eigenvalue weighted by Gasteiger charge is 2.42. The maximum absolute atomic E-state index is 12.8. The zero-order valence-electron chi connectivity index (χ0n) is 12.4. The average Bonchev–Trinajstić information content (AvgIpc) is 2.47. The zero-order valence-corrected chi connectivity index (χ0v) is 14.0. The molecule has 2 rings (SSSR count). The van der Waals surface area contributed by atoms with Gasteiger partial charge < -0.3 is 4.90 Å². The van der Waals surface area contributed by atoms with Gasteiger partial charge in [-0.2, -0.15) is 13.2 Å². The van der Waals surface area contributed by atoms with Crippen LogP contribution < -0.4 is 0 Å². The molecule has 0 N–H and O–H groups in total. The normalized spacial score (nSPS) is 19.3. The molecule has 1 amide bonds. The molecule has 2 nitrogen and oxygen atoms in total. The maximum atomic E-state index is 12.8. The van der Waals surface area contributed by atoms with Gasteiger partial charge in [0.1, 0.15) is 0 Å². The first kappa shape index (κ1) is 17.3. The molecule has 1 saturated heterocycles. The molecular weight excluding hydrogens is 359 g/mol. The van der Waals surface area contributed by atoms with Crippen LogP contribution in [0.5, 0.6) is 0 Å².